The van der Waals surface area contributed by atoms with Crippen LogP contribution in [-0.4, -0.2) is 18.5 Å². The molecule has 3 N–H and O–H groups in total. The fraction of sp³-hybridized carbons (Fsp3) is 0.667. The number of carbonyl (C=O) groups is 1. The van der Waals surface area contributed by atoms with Crippen LogP contribution < -0.4 is 11.1 Å². The van der Waals surface area contributed by atoms with Gasteiger partial charge in [-0.15, -0.1) is 23.7 Å². The first-order valence-electron chi connectivity index (χ1n) is 7.14. The van der Waals surface area contributed by atoms with E-state index in [0.717, 1.165) is 12.8 Å². The molecule has 0 bridgehead atoms. The number of aryl methyl sites for hydroxylation is 3. The van der Waals surface area contributed by atoms with Crippen molar-refractivity contribution in [3.63, 3.8) is 0 Å². The fourth-order valence-electron chi connectivity index (χ4n) is 2.38. The van der Waals surface area contributed by atoms with Gasteiger partial charge in [0, 0.05) is 28.8 Å². The van der Waals surface area contributed by atoms with Crippen LogP contribution in [0.25, 0.3) is 0 Å². The van der Waals surface area contributed by atoms with Gasteiger partial charge >= 0.3 is 0 Å². The summed E-state index contributed by atoms with van der Waals surface area (Å²) in [6.45, 7) is 4.93. The predicted molar refractivity (Wildman–Crippen MR) is 87.7 cm³/mol. The number of rotatable bonds is 7. The number of nitrogens with one attached hydrogen (secondary N) is 1. The van der Waals surface area contributed by atoms with Crippen molar-refractivity contribution in [3.05, 3.63) is 21.4 Å². The first kappa shape index (κ1) is 17.5. The van der Waals surface area contributed by atoms with Gasteiger partial charge in [0.25, 0.3) is 0 Å². The number of hydrogen-bond acceptors (Lipinski definition) is 3. The highest BCUT2D eigenvalue weighted by Gasteiger charge is 2.28. The van der Waals surface area contributed by atoms with Gasteiger partial charge in [0.05, 0.1) is 0 Å². The van der Waals surface area contributed by atoms with Gasteiger partial charge in [-0.25, -0.2) is 0 Å². The lowest BCUT2D eigenvalue weighted by Crippen LogP contribution is -2.38. The molecule has 2 rings (SSSR count). The SMILES string of the molecule is Cc1cc(CCCC(=O)NCC(N)C2CC2)c(C)s1.Cl. The molecule has 0 radical (unpaired) electrons. The normalized spacial score (nSPS) is 15.6. The molecule has 1 aromatic heterocycles. The molecule has 0 aromatic carbocycles. The Balaban J connectivity index is 0.00000200. The van der Waals surface area contributed by atoms with E-state index in [1.165, 1.54) is 28.2 Å². The lowest BCUT2D eigenvalue weighted by Gasteiger charge is -2.11. The summed E-state index contributed by atoms with van der Waals surface area (Å²) in [5.74, 6) is 0.789. The van der Waals surface area contributed by atoms with E-state index in [2.05, 4.69) is 25.2 Å². The Labute approximate surface area is 131 Å². The van der Waals surface area contributed by atoms with Crippen molar-refractivity contribution in [2.75, 3.05) is 6.54 Å². The van der Waals surface area contributed by atoms with Crippen molar-refractivity contribution in [1.29, 1.82) is 0 Å². The Morgan fingerprint density at radius 2 is 2.20 bits per heavy atom. The quantitative estimate of drug-likeness (QED) is 0.812. The highest BCUT2D eigenvalue weighted by atomic mass is 35.5. The van der Waals surface area contributed by atoms with E-state index in [9.17, 15) is 4.79 Å². The van der Waals surface area contributed by atoms with Gasteiger partial charge < -0.3 is 11.1 Å². The Kier molecular flexibility index (Phi) is 7.00. The van der Waals surface area contributed by atoms with Crippen molar-refractivity contribution in [2.45, 2.75) is 52.0 Å². The molecule has 1 saturated carbocycles. The van der Waals surface area contributed by atoms with E-state index in [0.29, 0.717) is 18.9 Å². The van der Waals surface area contributed by atoms with Crippen LogP contribution in [0.1, 0.15) is 41.0 Å². The van der Waals surface area contributed by atoms with E-state index in [1.54, 1.807) is 0 Å². The third-order valence-corrected chi connectivity index (χ3v) is 4.76. The first-order chi connectivity index (χ1) is 9.06. The lowest BCUT2D eigenvalue weighted by atomic mass is 10.1. The maximum Gasteiger partial charge on any atom is 0.220 e. The minimum atomic E-state index is 0. The summed E-state index contributed by atoms with van der Waals surface area (Å²) in [4.78, 5) is 14.4. The summed E-state index contributed by atoms with van der Waals surface area (Å²) < 4.78 is 0. The van der Waals surface area contributed by atoms with Crippen LogP contribution in [-0.2, 0) is 11.2 Å². The van der Waals surface area contributed by atoms with Gasteiger partial charge in [-0.1, -0.05) is 0 Å². The van der Waals surface area contributed by atoms with E-state index >= 15 is 0 Å². The summed E-state index contributed by atoms with van der Waals surface area (Å²) in [6, 6.07) is 2.40. The average molecular weight is 317 g/mol. The molecule has 0 aliphatic heterocycles. The van der Waals surface area contributed by atoms with Crippen LogP contribution in [0, 0.1) is 19.8 Å². The summed E-state index contributed by atoms with van der Waals surface area (Å²) in [7, 11) is 0. The Morgan fingerprint density at radius 1 is 1.50 bits per heavy atom. The number of hydrogen-bond donors (Lipinski definition) is 2. The molecule has 1 amide bonds. The van der Waals surface area contributed by atoms with Crippen molar-refractivity contribution >= 4 is 29.7 Å². The minimum Gasteiger partial charge on any atom is -0.355 e. The second-order valence-corrected chi connectivity index (χ2v) is 7.06. The minimum absolute atomic E-state index is 0. The van der Waals surface area contributed by atoms with Crippen molar-refractivity contribution in [3.8, 4) is 0 Å². The van der Waals surface area contributed by atoms with Crippen molar-refractivity contribution in [2.24, 2.45) is 11.7 Å². The zero-order valence-corrected chi connectivity index (χ0v) is 13.9. The van der Waals surface area contributed by atoms with Gasteiger partial charge in [-0.3, -0.25) is 4.79 Å². The molecule has 1 heterocycles. The van der Waals surface area contributed by atoms with Crippen LogP contribution in [0.4, 0.5) is 0 Å². The third kappa shape index (κ3) is 5.43. The molecule has 20 heavy (non-hydrogen) atoms. The second kappa shape index (κ2) is 8.01. The smallest absolute Gasteiger partial charge is 0.220 e. The third-order valence-electron chi connectivity index (χ3n) is 3.76. The molecular formula is C15H25ClN2OS. The zero-order valence-electron chi connectivity index (χ0n) is 12.3. The molecule has 1 atom stereocenters. The van der Waals surface area contributed by atoms with E-state index in [4.69, 9.17) is 5.73 Å². The lowest BCUT2D eigenvalue weighted by molar-refractivity contribution is -0.121. The molecular weight excluding hydrogens is 292 g/mol. The molecule has 1 aliphatic rings. The van der Waals surface area contributed by atoms with Gasteiger partial charge in [-0.2, -0.15) is 0 Å². The fourth-order valence-corrected chi connectivity index (χ4v) is 3.36. The highest BCUT2D eigenvalue weighted by molar-refractivity contribution is 7.12. The van der Waals surface area contributed by atoms with Crippen molar-refractivity contribution < 1.29 is 4.79 Å². The molecule has 1 unspecified atom stereocenters. The maximum absolute atomic E-state index is 11.7. The molecule has 114 valence electrons. The summed E-state index contributed by atoms with van der Waals surface area (Å²) in [6.07, 6.45) is 4.98. The van der Waals surface area contributed by atoms with E-state index in [-0.39, 0.29) is 24.4 Å². The first-order valence-corrected chi connectivity index (χ1v) is 7.96. The molecule has 0 saturated heterocycles. The van der Waals surface area contributed by atoms with E-state index in [1.807, 2.05) is 11.3 Å². The number of carbonyl (C=O) groups excluding carboxylic acids is 1. The van der Waals surface area contributed by atoms with Crippen molar-refractivity contribution in [1.82, 2.24) is 5.32 Å². The van der Waals surface area contributed by atoms with Crippen LogP contribution >= 0.6 is 23.7 Å². The largest absolute Gasteiger partial charge is 0.355 e. The van der Waals surface area contributed by atoms with Gasteiger partial charge in [0.1, 0.15) is 0 Å². The topological polar surface area (TPSA) is 55.1 Å². The van der Waals surface area contributed by atoms with Gasteiger partial charge in [-0.05, 0) is 57.1 Å². The summed E-state index contributed by atoms with van der Waals surface area (Å²) >= 11 is 1.84. The van der Waals surface area contributed by atoms with Crippen LogP contribution in [0.2, 0.25) is 0 Å². The molecule has 5 heteroatoms. The Hall–Kier alpha value is -0.580. The van der Waals surface area contributed by atoms with Gasteiger partial charge in [0.15, 0.2) is 0 Å². The Bertz CT molecular complexity index is 443. The monoisotopic (exact) mass is 316 g/mol. The van der Waals surface area contributed by atoms with E-state index < -0.39 is 0 Å². The molecule has 3 nitrogen and oxygen atoms in total. The molecule has 1 aromatic rings. The number of nitrogens with two attached hydrogens (primary N) is 1. The average Bonchev–Trinajstić information content (AvgIpc) is 3.14. The molecule has 1 fully saturated rings. The van der Waals surface area contributed by atoms with Crippen LogP contribution in [0.3, 0.4) is 0 Å². The van der Waals surface area contributed by atoms with Crippen LogP contribution in [0.5, 0.6) is 0 Å². The standard InChI is InChI=1S/C15H24N2OS.ClH/c1-10-8-13(11(2)19-10)4-3-5-15(18)17-9-14(16)12-6-7-12;/h8,12,14H,3-7,9,16H2,1-2H3,(H,17,18);1H. The molecule has 0 spiro atoms. The predicted octanol–water partition coefficient (Wildman–Crippen LogP) is 2.96. The zero-order chi connectivity index (χ0) is 13.8. The molecule has 1 aliphatic carbocycles. The number of amides is 1. The highest BCUT2D eigenvalue weighted by Crippen LogP contribution is 2.31. The summed E-state index contributed by atoms with van der Waals surface area (Å²) in [5, 5.41) is 2.95. The summed E-state index contributed by atoms with van der Waals surface area (Å²) in [5.41, 5.74) is 7.35. The Morgan fingerprint density at radius 3 is 2.75 bits per heavy atom. The van der Waals surface area contributed by atoms with Crippen LogP contribution in [0.15, 0.2) is 6.07 Å². The number of halogens is 1. The maximum atomic E-state index is 11.7. The number of thiophene rings is 1. The van der Waals surface area contributed by atoms with Gasteiger partial charge in [0.2, 0.25) is 5.91 Å². The second-order valence-electron chi connectivity index (χ2n) is 5.60.